The maximum Gasteiger partial charge on any atom is 0.268 e. The van der Waals surface area contributed by atoms with Crippen LogP contribution in [0.25, 0.3) is 0 Å². The number of nitrogens with one attached hydrogen (secondary N) is 2. The van der Waals surface area contributed by atoms with E-state index in [0.29, 0.717) is 26.1 Å². The number of hydrogen-bond donors (Lipinski definition) is 2. The van der Waals surface area contributed by atoms with Crippen LogP contribution in [0.15, 0.2) is 29.2 Å². The fourth-order valence-electron chi connectivity index (χ4n) is 3.45. The number of ether oxygens (including phenoxy) is 1. The van der Waals surface area contributed by atoms with Crippen molar-refractivity contribution in [3.8, 4) is 0 Å². The van der Waals surface area contributed by atoms with Crippen LogP contribution in [0.2, 0.25) is 5.02 Å². The van der Waals surface area contributed by atoms with E-state index in [1.807, 2.05) is 4.72 Å². The molecule has 1 saturated heterocycles. The minimum absolute atomic E-state index is 0.0181. The van der Waals surface area contributed by atoms with E-state index in [0.717, 1.165) is 18.2 Å². The number of benzene rings is 1. The monoisotopic (exact) mass is 464 g/mol. The van der Waals surface area contributed by atoms with Crippen LogP contribution >= 0.6 is 11.6 Å². The van der Waals surface area contributed by atoms with Crippen molar-refractivity contribution < 1.29 is 26.3 Å². The number of sulfonamides is 1. The fraction of sp³-hybridized carbons (Fsp3) is 0.389. The summed E-state index contributed by atoms with van der Waals surface area (Å²) in [7, 11) is -1.45. The van der Waals surface area contributed by atoms with Crippen LogP contribution in [0.1, 0.15) is 6.42 Å². The molecule has 0 saturated carbocycles. The van der Waals surface area contributed by atoms with Gasteiger partial charge in [0.15, 0.2) is 10.7 Å². The van der Waals surface area contributed by atoms with Crippen LogP contribution in [0, 0.1) is 17.6 Å². The third kappa shape index (κ3) is 4.34. The van der Waals surface area contributed by atoms with Crippen molar-refractivity contribution in [2.24, 2.45) is 0 Å². The van der Waals surface area contributed by atoms with E-state index in [2.05, 4.69) is 10.3 Å². The molecule has 30 heavy (non-hydrogen) atoms. The molecule has 2 N–H and O–H groups in total. The lowest BCUT2D eigenvalue weighted by Crippen LogP contribution is -2.43. The first kappa shape index (κ1) is 22.6. The lowest BCUT2D eigenvalue weighted by Gasteiger charge is -2.28. The number of hydrogen-bond acceptors (Lipinski definition) is 6. The molecule has 1 aromatic heterocycles. The molecular weight excluding hydrogens is 445 g/mol. The van der Waals surface area contributed by atoms with Crippen molar-refractivity contribution >= 4 is 33.1 Å². The lowest BCUT2D eigenvalue weighted by molar-refractivity contribution is 0.0111. The molecule has 0 unspecified atom stereocenters. The van der Waals surface area contributed by atoms with Crippen molar-refractivity contribution in [2.75, 3.05) is 43.4 Å². The minimum Gasteiger partial charge on any atom is -0.375 e. The van der Waals surface area contributed by atoms with E-state index in [4.69, 9.17) is 16.3 Å². The molecule has 1 fully saturated rings. The molecule has 0 spiro atoms. The maximum atomic E-state index is 14.9. The molecule has 1 aliphatic heterocycles. The Balaban J connectivity index is 1.95. The van der Waals surface area contributed by atoms with Gasteiger partial charge < -0.3 is 15.0 Å². The molecule has 2 heterocycles. The first-order valence-electron chi connectivity index (χ1n) is 8.90. The maximum absolute atomic E-state index is 14.9. The molecule has 164 valence electrons. The van der Waals surface area contributed by atoms with Gasteiger partial charge in [0, 0.05) is 32.8 Å². The second-order valence-electron chi connectivity index (χ2n) is 6.87. The molecule has 1 aromatic carbocycles. The number of nitrogens with zero attached hydrogens (tertiary/aromatic N) is 2. The van der Waals surface area contributed by atoms with Gasteiger partial charge >= 0.3 is 0 Å². The average molecular weight is 465 g/mol. The Morgan fingerprint density at radius 2 is 2.07 bits per heavy atom. The van der Waals surface area contributed by atoms with E-state index >= 15 is 0 Å². The van der Waals surface area contributed by atoms with Crippen molar-refractivity contribution in [3.63, 3.8) is 0 Å². The van der Waals surface area contributed by atoms with Gasteiger partial charge in [-0.2, -0.15) is 4.39 Å². The first-order valence-corrected chi connectivity index (χ1v) is 10.8. The van der Waals surface area contributed by atoms with E-state index < -0.39 is 48.9 Å². The Morgan fingerprint density at radius 3 is 2.70 bits per heavy atom. The Morgan fingerprint density at radius 1 is 1.33 bits per heavy atom. The number of likely N-dealkylation sites (N-methyl/N-ethyl adjacent to an activating group) is 1. The summed E-state index contributed by atoms with van der Waals surface area (Å²) in [6.45, 7) is 1.23. The highest BCUT2D eigenvalue weighted by Gasteiger charge is 2.40. The first-order chi connectivity index (χ1) is 14.1. The third-order valence-corrected chi connectivity index (χ3v) is 6.66. The quantitative estimate of drug-likeness (QED) is 0.484. The highest BCUT2D eigenvalue weighted by Crippen LogP contribution is 2.38. The molecule has 0 bridgehead atoms. The predicted octanol–water partition coefficient (Wildman–Crippen LogP) is 2.77. The smallest absolute Gasteiger partial charge is 0.268 e. The number of aromatic nitrogens is 1. The van der Waals surface area contributed by atoms with Gasteiger partial charge in [0.2, 0.25) is 5.95 Å². The van der Waals surface area contributed by atoms with Crippen LogP contribution in [0.3, 0.4) is 0 Å². The molecular formula is C18H20ClF3N4O3S. The van der Waals surface area contributed by atoms with Crippen LogP contribution in [0.4, 0.5) is 24.7 Å². The Hall–Kier alpha value is -2.08. The summed E-state index contributed by atoms with van der Waals surface area (Å²) in [4.78, 5) is 3.69. The van der Waals surface area contributed by atoms with E-state index in [9.17, 15) is 21.6 Å². The van der Waals surface area contributed by atoms with Crippen molar-refractivity contribution in [3.05, 3.63) is 46.9 Å². The van der Waals surface area contributed by atoms with Crippen LogP contribution in [0.5, 0.6) is 0 Å². The number of halogens is 4. The summed E-state index contributed by atoms with van der Waals surface area (Å²) in [5.41, 5.74) is -0.551. The highest BCUT2D eigenvalue weighted by atomic mass is 35.5. The van der Waals surface area contributed by atoms with Gasteiger partial charge in [0.05, 0.1) is 11.3 Å². The molecule has 1 aliphatic rings. The summed E-state index contributed by atoms with van der Waals surface area (Å²) in [6.07, 6.45) is 0.580. The number of pyridine rings is 1. The van der Waals surface area contributed by atoms with Crippen molar-refractivity contribution in [1.82, 2.24) is 10.3 Å². The summed E-state index contributed by atoms with van der Waals surface area (Å²) in [5, 5.41) is 2.47. The zero-order valence-electron chi connectivity index (χ0n) is 16.2. The van der Waals surface area contributed by atoms with Crippen LogP contribution in [-0.2, 0) is 14.8 Å². The molecule has 0 amide bonds. The Labute approximate surface area is 177 Å². The van der Waals surface area contributed by atoms with Crippen molar-refractivity contribution in [1.29, 1.82) is 0 Å². The largest absolute Gasteiger partial charge is 0.375 e. The van der Waals surface area contributed by atoms with Gasteiger partial charge in [-0.25, -0.2) is 22.2 Å². The molecule has 0 radical (unpaired) electrons. The summed E-state index contributed by atoms with van der Waals surface area (Å²) in [5.74, 6) is -4.16. The predicted molar refractivity (Wildman–Crippen MR) is 107 cm³/mol. The van der Waals surface area contributed by atoms with Gasteiger partial charge in [-0.3, -0.25) is 4.72 Å². The van der Waals surface area contributed by atoms with Crippen LogP contribution in [-0.4, -0.2) is 52.8 Å². The van der Waals surface area contributed by atoms with Gasteiger partial charge in [0.1, 0.15) is 16.7 Å². The normalized spacial score (nSPS) is 19.3. The SMILES string of the molecule is CNC[C@@]1(OC)CCN(c2cc(F)c(S(=O)(=O)Nc3cccc(F)n3)c(F)c2Cl)C1. The molecule has 2 aromatic rings. The standard InChI is InChI=1S/C18H20ClF3N4O3S/c1-23-9-18(29-2)6-7-26(10-18)12-8-11(20)17(16(22)15(12)19)30(27,28)25-14-5-3-4-13(21)24-14/h3-5,8,23H,6-7,9-10H2,1-2H3,(H,24,25)/t18-/m0/s1. The Bertz CT molecular complexity index is 1060. The molecule has 12 heteroatoms. The summed E-state index contributed by atoms with van der Waals surface area (Å²) < 4.78 is 75.3. The zero-order chi connectivity index (χ0) is 22.1. The summed E-state index contributed by atoms with van der Waals surface area (Å²) in [6, 6.07) is 4.20. The van der Waals surface area contributed by atoms with Gasteiger partial charge in [-0.05, 0) is 25.6 Å². The minimum atomic E-state index is -4.76. The highest BCUT2D eigenvalue weighted by molar-refractivity contribution is 7.92. The van der Waals surface area contributed by atoms with Crippen LogP contribution < -0.4 is 14.9 Å². The molecule has 3 rings (SSSR count). The van der Waals surface area contributed by atoms with E-state index in [1.54, 1.807) is 19.1 Å². The summed E-state index contributed by atoms with van der Waals surface area (Å²) >= 11 is 6.09. The topological polar surface area (TPSA) is 83.6 Å². The van der Waals surface area contributed by atoms with Gasteiger partial charge in [-0.15, -0.1) is 0 Å². The lowest BCUT2D eigenvalue weighted by atomic mass is 10.0. The number of anilines is 2. The van der Waals surface area contributed by atoms with E-state index in [-0.39, 0.29) is 5.69 Å². The fourth-order valence-corrected chi connectivity index (χ4v) is 4.92. The second-order valence-corrected chi connectivity index (χ2v) is 8.87. The molecule has 7 nitrogen and oxygen atoms in total. The van der Waals surface area contributed by atoms with Gasteiger partial charge in [-0.1, -0.05) is 17.7 Å². The molecule has 1 atom stereocenters. The van der Waals surface area contributed by atoms with Crippen molar-refractivity contribution in [2.45, 2.75) is 16.9 Å². The number of rotatable bonds is 7. The third-order valence-electron chi connectivity index (χ3n) is 4.91. The second kappa shape index (κ2) is 8.58. The van der Waals surface area contributed by atoms with E-state index in [1.165, 1.54) is 6.07 Å². The van der Waals surface area contributed by atoms with Gasteiger partial charge in [0.25, 0.3) is 10.0 Å². The zero-order valence-corrected chi connectivity index (χ0v) is 17.7. The average Bonchev–Trinajstić information content (AvgIpc) is 3.09. The Kier molecular flexibility index (Phi) is 6.46. The molecule has 0 aliphatic carbocycles. The number of methoxy groups -OCH3 is 1.